The summed E-state index contributed by atoms with van der Waals surface area (Å²) in [7, 11) is 0. The fourth-order valence-electron chi connectivity index (χ4n) is 1.85. The smallest absolute Gasteiger partial charge is 0.0605 e. The van der Waals surface area contributed by atoms with E-state index < -0.39 is 0 Å². The second kappa shape index (κ2) is 3.92. The van der Waals surface area contributed by atoms with Gasteiger partial charge in [-0.05, 0) is 25.7 Å². The SMILES string of the molecule is C/C(=N/O)[C@@]1(C)CC=CC[C@@H]1CO. The zero-order chi connectivity index (χ0) is 9.90. The predicted octanol–water partition coefficient (Wildman–Crippen LogP) is 1.80. The van der Waals surface area contributed by atoms with Gasteiger partial charge in [0.15, 0.2) is 0 Å². The molecule has 0 unspecified atom stereocenters. The van der Waals surface area contributed by atoms with Crippen molar-refractivity contribution in [2.24, 2.45) is 16.5 Å². The number of oxime groups is 1. The van der Waals surface area contributed by atoms with Gasteiger partial charge in [-0.25, -0.2) is 0 Å². The number of rotatable bonds is 2. The Kier molecular flexibility index (Phi) is 3.09. The van der Waals surface area contributed by atoms with Crippen molar-refractivity contribution in [3.05, 3.63) is 12.2 Å². The standard InChI is InChI=1S/C10H17NO2/c1-8(11-13)10(2)6-4-3-5-9(10)7-12/h3-4,9,12-13H,5-7H2,1-2H3/b11-8-/t9-,10-/m1/s1. The van der Waals surface area contributed by atoms with Crippen molar-refractivity contribution in [3.8, 4) is 0 Å². The van der Waals surface area contributed by atoms with Crippen LogP contribution in [-0.4, -0.2) is 22.6 Å². The number of aliphatic hydroxyl groups is 1. The van der Waals surface area contributed by atoms with Crippen LogP contribution in [0.1, 0.15) is 26.7 Å². The first-order valence-electron chi connectivity index (χ1n) is 4.60. The quantitative estimate of drug-likeness (QED) is 0.297. The molecule has 1 aliphatic carbocycles. The van der Waals surface area contributed by atoms with Gasteiger partial charge in [-0.2, -0.15) is 0 Å². The maximum atomic E-state index is 9.20. The second-order valence-electron chi connectivity index (χ2n) is 3.89. The highest BCUT2D eigenvalue weighted by molar-refractivity contribution is 5.87. The van der Waals surface area contributed by atoms with Crippen LogP contribution in [0.25, 0.3) is 0 Å². The Morgan fingerprint density at radius 2 is 2.31 bits per heavy atom. The Balaban J connectivity index is 2.91. The van der Waals surface area contributed by atoms with Gasteiger partial charge < -0.3 is 10.3 Å². The van der Waals surface area contributed by atoms with Gasteiger partial charge in [0.05, 0.1) is 5.71 Å². The largest absolute Gasteiger partial charge is 0.411 e. The monoisotopic (exact) mass is 183 g/mol. The van der Waals surface area contributed by atoms with Gasteiger partial charge in [0.25, 0.3) is 0 Å². The molecular weight excluding hydrogens is 166 g/mol. The average Bonchev–Trinajstić information content (AvgIpc) is 2.17. The number of nitrogens with zero attached hydrogens (tertiary/aromatic N) is 1. The van der Waals surface area contributed by atoms with E-state index in [2.05, 4.69) is 17.3 Å². The normalized spacial score (nSPS) is 35.0. The van der Waals surface area contributed by atoms with Crippen LogP contribution < -0.4 is 0 Å². The Morgan fingerprint density at radius 1 is 1.62 bits per heavy atom. The molecule has 2 N–H and O–H groups in total. The summed E-state index contributed by atoms with van der Waals surface area (Å²) >= 11 is 0. The molecule has 13 heavy (non-hydrogen) atoms. The fraction of sp³-hybridized carbons (Fsp3) is 0.700. The second-order valence-corrected chi connectivity index (χ2v) is 3.89. The fourth-order valence-corrected chi connectivity index (χ4v) is 1.85. The Bertz CT molecular complexity index is 235. The molecule has 0 amide bonds. The van der Waals surface area contributed by atoms with Crippen LogP contribution in [-0.2, 0) is 0 Å². The molecule has 0 aromatic heterocycles. The van der Waals surface area contributed by atoms with Gasteiger partial charge in [0.1, 0.15) is 0 Å². The molecule has 1 rings (SSSR count). The van der Waals surface area contributed by atoms with Gasteiger partial charge in [-0.15, -0.1) is 0 Å². The van der Waals surface area contributed by atoms with Crippen molar-refractivity contribution < 1.29 is 10.3 Å². The third-order valence-corrected chi connectivity index (χ3v) is 3.23. The summed E-state index contributed by atoms with van der Waals surface area (Å²) in [4.78, 5) is 0. The van der Waals surface area contributed by atoms with E-state index in [0.717, 1.165) is 12.8 Å². The minimum atomic E-state index is -0.182. The summed E-state index contributed by atoms with van der Waals surface area (Å²) in [6.07, 6.45) is 5.86. The molecule has 0 saturated heterocycles. The van der Waals surface area contributed by atoms with Crippen LogP contribution in [0.4, 0.5) is 0 Å². The lowest BCUT2D eigenvalue weighted by Gasteiger charge is -2.37. The summed E-state index contributed by atoms with van der Waals surface area (Å²) < 4.78 is 0. The zero-order valence-corrected chi connectivity index (χ0v) is 8.20. The summed E-state index contributed by atoms with van der Waals surface area (Å²) in [5.41, 5.74) is 0.522. The first-order chi connectivity index (χ1) is 6.15. The van der Waals surface area contributed by atoms with E-state index in [1.165, 1.54) is 0 Å². The molecule has 0 saturated carbocycles. The number of aliphatic hydroxyl groups excluding tert-OH is 1. The van der Waals surface area contributed by atoms with Crippen molar-refractivity contribution in [1.29, 1.82) is 0 Å². The lowest BCUT2D eigenvalue weighted by molar-refractivity contribution is 0.144. The lowest BCUT2D eigenvalue weighted by atomic mass is 9.68. The van der Waals surface area contributed by atoms with Crippen molar-refractivity contribution in [3.63, 3.8) is 0 Å². The molecule has 2 atom stereocenters. The van der Waals surface area contributed by atoms with Crippen molar-refractivity contribution in [2.75, 3.05) is 6.61 Å². The van der Waals surface area contributed by atoms with Gasteiger partial charge in [-0.1, -0.05) is 24.2 Å². The summed E-state index contributed by atoms with van der Waals surface area (Å²) in [6, 6.07) is 0. The van der Waals surface area contributed by atoms with Crippen LogP contribution in [0.15, 0.2) is 17.3 Å². The molecule has 0 radical (unpaired) electrons. The van der Waals surface area contributed by atoms with Crippen LogP contribution in [0, 0.1) is 11.3 Å². The van der Waals surface area contributed by atoms with Crippen LogP contribution in [0.5, 0.6) is 0 Å². The molecular formula is C10H17NO2. The maximum Gasteiger partial charge on any atom is 0.0605 e. The van der Waals surface area contributed by atoms with E-state index in [-0.39, 0.29) is 17.9 Å². The lowest BCUT2D eigenvalue weighted by Crippen LogP contribution is -2.37. The molecule has 0 spiro atoms. The maximum absolute atomic E-state index is 9.20. The summed E-state index contributed by atoms with van der Waals surface area (Å²) in [5, 5.41) is 21.2. The Hall–Kier alpha value is -0.830. The van der Waals surface area contributed by atoms with Crippen molar-refractivity contribution >= 4 is 5.71 Å². The summed E-state index contributed by atoms with van der Waals surface area (Å²) in [6.45, 7) is 3.99. The topological polar surface area (TPSA) is 52.8 Å². The van der Waals surface area contributed by atoms with E-state index in [1.54, 1.807) is 0 Å². The molecule has 74 valence electrons. The van der Waals surface area contributed by atoms with Gasteiger partial charge in [0.2, 0.25) is 0 Å². The van der Waals surface area contributed by atoms with E-state index in [4.69, 9.17) is 5.21 Å². The number of hydrogen-bond donors (Lipinski definition) is 2. The van der Waals surface area contributed by atoms with E-state index >= 15 is 0 Å². The molecule has 1 aliphatic rings. The Morgan fingerprint density at radius 3 is 2.85 bits per heavy atom. The van der Waals surface area contributed by atoms with Crippen LogP contribution in [0.3, 0.4) is 0 Å². The Labute approximate surface area is 78.8 Å². The highest BCUT2D eigenvalue weighted by atomic mass is 16.4. The van der Waals surface area contributed by atoms with Crippen LogP contribution >= 0.6 is 0 Å². The molecule has 0 heterocycles. The van der Waals surface area contributed by atoms with Crippen molar-refractivity contribution in [2.45, 2.75) is 26.7 Å². The van der Waals surface area contributed by atoms with E-state index in [0.29, 0.717) is 5.71 Å². The first-order valence-corrected chi connectivity index (χ1v) is 4.60. The molecule has 0 bridgehead atoms. The van der Waals surface area contributed by atoms with Crippen molar-refractivity contribution in [1.82, 2.24) is 0 Å². The molecule has 0 aromatic rings. The zero-order valence-electron chi connectivity index (χ0n) is 8.20. The molecule has 3 nitrogen and oxygen atoms in total. The highest BCUT2D eigenvalue weighted by Gasteiger charge is 2.37. The van der Waals surface area contributed by atoms with Gasteiger partial charge >= 0.3 is 0 Å². The average molecular weight is 183 g/mol. The molecule has 0 aromatic carbocycles. The third-order valence-electron chi connectivity index (χ3n) is 3.23. The highest BCUT2D eigenvalue weighted by Crippen LogP contribution is 2.38. The van der Waals surface area contributed by atoms with Crippen LogP contribution in [0.2, 0.25) is 0 Å². The minimum Gasteiger partial charge on any atom is -0.411 e. The summed E-state index contributed by atoms with van der Waals surface area (Å²) in [5.74, 6) is 0.174. The van der Waals surface area contributed by atoms with E-state index in [1.807, 2.05) is 13.8 Å². The predicted molar refractivity (Wildman–Crippen MR) is 52.0 cm³/mol. The minimum absolute atomic E-state index is 0.147. The van der Waals surface area contributed by atoms with Gasteiger partial charge in [0, 0.05) is 12.0 Å². The van der Waals surface area contributed by atoms with Gasteiger partial charge in [-0.3, -0.25) is 0 Å². The molecule has 0 aliphatic heterocycles. The van der Waals surface area contributed by atoms with E-state index in [9.17, 15) is 5.11 Å². The number of hydrogen-bond acceptors (Lipinski definition) is 3. The number of allylic oxidation sites excluding steroid dienone is 2. The third kappa shape index (κ3) is 1.75. The molecule has 3 heteroatoms. The first kappa shape index (κ1) is 10.3. The molecule has 0 fully saturated rings.